The molecule has 2 fully saturated rings. The van der Waals surface area contributed by atoms with E-state index in [2.05, 4.69) is 6.58 Å². The van der Waals surface area contributed by atoms with Crippen LogP contribution >= 0.6 is 0 Å². The summed E-state index contributed by atoms with van der Waals surface area (Å²) in [5.41, 5.74) is 0. The van der Waals surface area contributed by atoms with Gasteiger partial charge in [0.05, 0.1) is 12.0 Å². The maximum atomic E-state index is 14.3. The third-order valence-corrected chi connectivity index (χ3v) is 4.98. The van der Waals surface area contributed by atoms with Crippen molar-refractivity contribution in [2.45, 2.75) is 63.6 Å². The van der Waals surface area contributed by atoms with Crippen LogP contribution in [-0.2, 0) is 4.74 Å². The molecule has 0 radical (unpaired) electrons. The molecule has 1 nitrogen and oxygen atoms in total. The molecule has 0 saturated heterocycles. The van der Waals surface area contributed by atoms with Crippen molar-refractivity contribution in [3.8, 4) is 0 Å². The summed E-state index contributed by atoms with van der Waals surface area (Å²) in [5, 5.41) is 0. The monoisotopic (exact) mass is 320 g/mol. The Hall–Kier alpha value is -0.840. The summed E-state index contributed by atoms with van der Waals surface area (Å²) in [7, 11) is 0. The van der Waals surface area contributed by atoms with Crippen molar-refractivity contribution in [1.82, 2.24) is 0 Å². The van der Waals surface area contributed by atoms with Crippen LogP contribution < -0.4 is 0 Å². The summed E-state index contributed by atoms with van der Waals surface area (Å²) in [6.45, 7) is 3.72. The minimum atomic E-state index is -3.11. The lowest BCUT2D eigenvalue weighted by molar-refractivity contribution is -0.301. The van der Waals surface area contributed by atoms with Crippen LogP contribution in [0, 0.1) is 17.8 Å². The topological polar surface area (TPSA) is 9.23 Å². The first kappa shape index (κ1) is 17.5. The normalized spacial score (nSPS) is 33.3. The van der Waals surface area contributed by atoms with Crippen LogP contribution in [0.5, 0.6) is 0 Å². The van der Waals surface area contributed by atoms with Gasteiger partial charge in [0, 0.05) is 0 Å². The average Bonchev–Trinajstić information content (AvgIpc) is 2.48. The highest BCUT2D eigenvalue weighted by molar-refractivity contribution is 4.92. The van der Waals surface area contributed by atoms with Gasteiger partial charge in [-0.1, -0.05) is 6.08 Å². The largest absolute Gasteiger partial charge is 0.358 e. The van der Waals surface area contributed by atoms with Crippen molar-refractivity contribution in [1.29, 1.82) is 0 Å². The van der Waals surface area contributed by atoms with E-state index in [0.29, 0.717) is 44.4 Å². The quantitative estimate of drug-likeness (QED) is 0.451. The van der Waals surface area contributed by atoms with E-state index < -0.39 is 24.2 Å². The molecule has 0 amide bonds. The smallest absolute Gasteiger partial charge is 0.317 e. The molecule has 2 aliphatic rings. The van der Waals surface area contributed by atoms with Crippen molar-refractivity contribution in [2.75, 3.05) is 0 Å². The summed E-state index contributed by atoms with van der Waals surface area (Å²) in [6.07, 6.45) is 1.67. The molecular formula is C17H24F4O. The van der Waals surface area contributed by atoms with Crippen LogP contribution in [0.25, 0.3) is 0 Å². The van der Waals surface area contributed by atoms with E-state index in [9.17, 15) is 17.6 Å². The number of rotatable bonds is 5. The second-order valence-electron chi connectivity index (χ2n) is 6.52. The second-order valence-corrected chi connectivity index (χ2v) is 6.52. The Morgan fingerprint density at radius 2 is 1.45 bits per heavy atom. The SMILES string of the molecule is C=CC1CCC(C(F)(F)OC2CCC(C=C(F)F)CC2)CC1. The van der Waals surface area contributed by atoms with E-state index in [1.165, 1.54) is 0 Å². The molecule has 2 saturated carbocycles. The van der Waals surface area contributed by atoms with Crippen molar-refractivity contribution in [2.24, 2.45) is 17.8 Å². The molecule has 0 aromatic carbocycles. The molecule has 2 rings (SSSR count). The fourth-order valence-corrected chi connectivity index (χ4v) is 3.56. The molecular weight excluding hydrogens is 296 g/mol. The molecule has 126 valence electrons. The Bertz CT molecular complexity index is 387. The standard InChI is InChI=1S/C17H24F4O/c1-2-12-3-7-14(8-4-12)17(20,21)22-15-9-5-13(6-10-15)11-16(18)19/h2,11-15H,1,3-10H2. The molecule has 0 spiro atoms. The predicted molar refractivity (Wildman–Crippen MR) is 77.7 cm³/mol. The van der Waals surface area contributed by atoms with Gasteiger partial charge in [0.15, 0.2) is 0 Å². The van der Waals surface area contributed by atoms with Crippen LogP contribution in [0.1, 0.15) is 51.4 Å². The Morgan fingerprint density at radius 3 is 1.95 bits per heavy atom. The van der Waals surface area contributed by atoms with Gasteiger partial charge in [-0.05, 0) is 69.3 Å². The first-order valence-corrected chi connectivity index (χ1v) is 8.11. The molecule has 0 N–H and O–H groups in total. The third kappa shape index (κ3) is 4.83. The highest BCUT2D eigenvalue weighted by Crippen LogP contribution is 2.42. The third-order valence-electron chi connectivity index (χ3n) is 4.98. The van der Waals surface area contributed by atoms with E-state index in [0.717, 1.165) is 18.9 Å². The lowest BCUT2D eigenvalue weighted by Gasteiger charge is -2.36. The van der Waals surface area contributed by atoms with Gasteiger partial charge < -0.3 is 4.74 Å². The second kappa shape index (κ2) is 7.62. The predicted octanol–water partition coefficient (Wildman–Crippen LogP) is 5.93. The van der Waals surface area contributed by atoms with E-state index in [-0.39, 0.29) is 5.92 Å². The highest BCUT2D eigenvalue weighted by atomic mass is 19.3. The number of halogens is 4. The lowest BCUT2D eigenvalue weighted by atomic mass is 9.81. The van der Waals surface area contributed by atoms with Crippen molar-refractivity contribution in [3.63, 3.8) is 0 Å². The molecule has 0 heterocycles. The zero-order chi connectivity index (χ0) is 16.2. The zero-order valence-corrected chi connectivity index (χ0v) is 12.7. The van der Waals surface area contributed by atoms with Crippen LogP contribution in [0.4, 0.5) is 17.6 Å². The highest BCUT2D eigenvalue weighted by Gasteiger charge is 2.44. The van der Waals surface area contributed by atoms with Gasteiger partial charge in [-0.15, -0.1) is 6.58 Å². The van der Waals surface area contributed by atoms with Crippen LogP contribution in [-0.4, -0.2) is 12.2 Å². The molecule has 0 atom stereocenters. The first-order valence-electron chi connectivity index (χ1n) is 8.11. The van der Waals surface area contributed by atoms with E-state index >= 15 is 0 Å². The minimum absolute atomic E-state index is 0.207. The minimum Gasteiger partial charge on any atom is -0.317 e. The number of alkyl halides is 2. The van der Waals surface area contributed by atoms with E-state index in [1.807, 2.05) is 6.08 Å². The molecule has 22 heavy (non-hydrogen) atoms. The lowest BCUT2D eigenvalue weighted by Crippen LogP contribution is -2.38. The molecule has 0 bridgehead atoms. The number of hydrogen-bond acceptors (Lipinski definition) is 1. The molecule has 0 aromatic heterocycles. The number of allylic oxidation sites excluding steroid dienone is 2. The van der Waals surface area contributed by atoms with Crippen LogP contribution in [0.3, 0.4) is 0 Å². The van der Waals surface area contributed by atoms with Crippen molar-refractivity contribution < 1.29 is 22.3 Å². The van der Waals surface area contributed by atoms with Gasteiger partial charge in [0.25, 0.3) is 6.08 Å². The van der Waals surface area contributed by atoms with Gasteiger partial charge in [-0.3, -0.25) is 0 Å². The first-order chi connectivity index (χ1) is 10.4. The van der Waals surface area contributed by atoms with Crippen molar-refractivity contribution >= 4 is 0 Å². The van der Waals surface area contributed by atoms with Crippen LogP contribution in [0.2, 0.25) is 0 Å². The summed E-state index contributed by atoms with van der Waals surface area (Å²) in [4.78, 5) is 0. The Kier molecular flexibility index (Phi) is 6.07. The summed E-state index contributed by atoms with van der Waals surface area (Å²) >= 11 is 0. The summed E-state index contributed by atoms with van der Waals surface area (Å²) < 4.78 is 58.0. The Balaban J connectivity index is 1.80. The molecule has 5 heteroatoms. The molecule has 0 unspecified atom stereocenters. The maximum absolute atomic E-state index is 14.3. The van der Waals surface area contributed by atoms with Gasteiger partial charge in [0.1, 0.15) is 0 Å². The fourth-order valence-electron chi connectivity index (χ4n) is 3.56. The zero-order valence-electron chi connectivity index (χ0n) is 12.7. The Morgan fingerprint density at radius 1 is 0.909 bits per heavy atom. The summed E-state index contributed by atoms with van der Waals surface area (Å²) in [6, 6.07) is 0. The number of ether oxygens (including phenoxy) is 1. The van der Waals surface area contributed by atoms with Gasteiger partial charge in [-0.2, -0.15) is 17.6 Å². The van der Waals surface area contributed by atoms with Gasteiger partial charge in [-0.25, -0.2) is 0 Å². The number of hydrogen-bond donors (Lipinski definition) is 0. The molecule has 0 aliphatic heterocycles. The van der Waals surface area contributed by atoms with Gasteiger partial charge >= 0.3 is 6.11 Å². The maximum Gasteiger partial charge on any atom is 0.358 e. The summed E-state index contributed by atoms with van der Waals surface area (Å²) in [5.74, 6) is -0.601. The molecule has 2 aliphatic carbocycles. The van der Waals surface area contributed by atoms with Gasteiger partial charge in [0.2, 0.25) is 0 Å². The van der Waals surface area contributed by atoms with Crippen molar-refractivity contribution in [3.05, 3.63) is 24.8 Å². The Labute approximate surface area is 129 Å². The average molecular weight is 320 g/mol. The van der Waals surface area contributed by atoms with Crippen LogP contribution in [0.15, 0.2) is 24.8 Å². The fraction of sp³-hybridized carbons (Fsp3) is 0.765. The molecule has 0 aromatic rings. The van der Waals surface area contributed by atoms with E-state index in [4.69, 9.17) is 4.74 Å². The van der Waals surface area contributed by atoms with E-state index in [1.54, 1.807) is 0 Å².